The molecule has 15 heavy (non-hydrogen) atoms. The van der Waals surface area contributed by atoms with Crippen LogP contribution in [-0.4, -0.2) is 14.8 Å². The molecule has 1 N–H and O–H groups in total. The largest absolute Gasteiger partial charge is 0.324 e. The molecule has 1 aromatic carbocycles. The molecule has 0 bridgehead atoms. The number of nitrogens with zero attached hydrogens (tertiary/aromatic N) is 3. The number of fused-ring (bicyclic) bond motifs is 1. The van der Waals surface area contributed by atoms with Crippen LogP contribution in [0.5, 0.6) is 0 Å². The Morgan fingerprint density at radius 2 is 2.07 bits per heavy atom. The molecule has 0 aliphatic carbocycles. The van der Waals surface area contributed by atoms with Crippen LogP contribution in [0.3, 0.4) is 0 Å². The average molecular weight is 198 g/mol. The van der Waals surface area contributed by atoms with Crippen molar-refractivity contribution >= 4 is 11.6 Å². The number of hydrogen-bond acceptors (Lipinski definition) is 3. The van der Waals surface area contributed by atoms with Crippen molar-refractivity contribution in [3.63, 3.8) is 0 Å². The van der Waals surface area contributed by atoms with Crippen LogP contribution in [0, 0.1) is 0 Å². The highest BCUT2D eigenvalue weighted by Crippen LogP contribution is 2.20. The van der Waals surface area contributed by atoms with Crippen LogP contribution in [0.2, 0.25) is 0 Å². The van der Waals surface area contributed by atoms with Crippen molar-refractivity contribution in [2.75, 3.05) is 5.32 Å². The summed E-state index contributed by atoms with van der Waals surface area (Å²) in [5, 5.41) is 7.33. The van der Waals surface area contributed by atoms with Gasteiger partial charge in [-0.25, -0.2) is 4.68 Å². The molecular formula is C11H10N4. The van der Waals surface area contributed by atoms with Gasteiger partial charge in [0, 0.05) is 5.70 Å². The summed E-state index contributed by atoms with van der Waals surface area (Å²) in [5.74, 6) is 0.802. The molecule has 0 amide bonds. The zero-order valence-electron chi connectivity index (χ0n) is 8.09. The molecule has 0 radical (unpaired) electrons. The van der Waals surface area contributed by atoms with Crippen LogP contribution >= 0.6 is 0 Å². The first-order valence-corrected chi connectivity index (χ1v) is 4.84. The van der Waals surface area contributed by atoms with Crippen LogP contribution in [-0.2, 0) is 6.54 Å². The molecule has 0 fully saturated rings. The lowest BCUT2D eigenvalue weighted by atomic mass is 10.1. The van der Waals surface area contributed by atoms with E-state index >= 15 is 0 Å². The molecular weight excluding hydrogens is 188 g/mol. The number of benzene rings is 1. The number of allylic oxidation sites excluding steroid dienone is 1. The van der Waals surface area contributed by atoms with Gasteiger partial charge in [-0.1, -0.05) is 30.3 Å². The topological polar surface area (TPSA) is 42.7 Å². The Hall–Kier alpha value is -2.10. The lowest BCUT2D eigenvalue weighted by molar-refractivity contribution is 0.701. The van der Waals surface area contributed by atoms with E-state index in [1.165, 1.54) is 5.56 Å². The monoisotopic (exact) mass is 198 g/mol. The van der Waals surface area contributed by atoms with Gasteiger partial charge in [-0.2, -0.15) is 10.1 Å². The summed E-state index contributed by atoms with van der Waals surface area (Å²) in [6, 6.07) is 10.2. The number of nitrogens with one attached hydrogen (secondary N) is 1. The Morgan fingerprint density at radius 1 is 1.20 bits per heavy atom. The molecule has 0 saturated heterocycles. The zero-order valence-corrected chi connectivity index (χ0v) is 8.09. The SMILES string of the molecule is C1=C(c2ccccc2)Nc2ncnn2C1. The minimum absolute atomic E-state index is 0.770. The molecule has 1 aliphatic heterocycles. The molecule has 3 rings (SSSR count). The maximum atomic E-state index is 4.13. The minimum Gasteiger partial charge on any atom is -0.324 e. The van der Waals surface area contributed by atoms with E-state index in [1.54, 1.807) is 6.33 Å². The summed E-state index contributed by atoms with van der Waals surface area (Å²) in [5.41, 5.74) is 2.27. The van der Waals surface area contributed by atoms with Gasteiger partial charge < -0.3 is 5.32 Å². The summed E-state index contributed by atoms with van der Waals surface area (Å²) in [7, 11) is 0. The first-order chi connectivity index (χ1) is 7.43. The predicted octanol–water partition coefficient (Wildman–Crippen LogP) is 1.74. The minimum atomic E-state index is 0.770. The second-order valence-electron chi connectivity index (χ2n) is 3.37. The smallest absolute Gasteiger partial charge is 0.225 e. The highest BCUT2D eigenvalue weighted by Gasteiger charge is 2.11. The Bertz CT molecular complexity index is 498. The van der Waals surface area contributed by atoms with Gasteiger partial charge in [0.05, 0.1) is 6.54 Å². The van der Waals surface area contributed by atoms with E-state index in [0.29, 0.717) is 0 Å². The van der Waals surface area contributed by atoms with E-state index in [0.717, 1.165) is 18.2 Å². The number of rotatable bonds is 1. The standard InChI is InChI=1S/C11H10N4/c1-2-4-9(5-3-1)10-6-7-15-11(14-10)12-8-13-15/h1-6,8H,7H2,(H,12,13,14). The Balaban J connectivity index is 1.95. The van der Waals surface area contributed by atoms with Crippen LogP contribution in [0.15, 0.2) is 42.7 Å². The van der Waals surface area contributed by atoms with Gasteiger partial charge in [-0.05, 0) is 11.6 Å². The zero-order chi connectivity index (χ0) is 10.1. The maximum Gasteiger partial charge on any atom is 0.225 e. The van der Waals surface area contributed by atoms with Crippen molar-refractivity contribution < 1.29 is 0 Å². The Morgan fingerprint density at radius 3 is 2.93 bits per heavy atom. The van der Waals surface area contributed by atoms with Crippen molar-refractivity contribution in [3.05, 3.63) is 48.3 Å². The molecule has 4 nitrogen and oxygen atoms in total. The third-order valence-corrected chi connectivity index (χ3v) is 2.42. The van der Waals surface area contributed by atoms with E-state index < -0.39 is 0 Å². The molecule has 0 spiro atoms. The normalized spacial score (nSPS) is 14.0. The third kappa shape index (κ3) is 1.40. The summed E-state index contributed by atoms with van der Waals surface area (Å²) >= 11 is 0. The van der Waals surface area contributed by atoms with Crippen LogP contribution in [0.25, 0.3) is 5.70 Å². The van der Waals surface area contributed by atoms with Gasteiger partial charge in [-0.3, -0.25) is 0 Å². The highest BCUT2D eigenvalue weighted by atomic mass is 15.4. The van der Waals surface area contributed by atoms with E-state index in [1.807, 2.05) is 22.9 Å². The van der Waals surface area contributed by atoms with Gasteiger partial charge in [0.2, 0.25) is 5.95 Å². The molecule has 2 heterocycles. The lowest BCUT2D eigenvalue weighted by Gasteiger charge is -2.16. The molecule has 4 heteroatoms. The molecule has 0 saturated carbocycles. The number of aromatic nitrogens is 3. The van der Waals surface area contributed by atoms with Crippen molar-refractivity contribution in [3.8, 4) is 0 Å². The average Bonchev–Trinajstić information content (AvgIpc) is 2.77. The number of hydrogen-bond donors (Lipinski definition) is 1. The fourth-order valence-corrected chi connectivity index (χ4v) is 1.65. The molecule has 2 aromatic rings. The fourth-order valence-electron chi connectivity index (χ4n) is 1.65. The molecule has 74 valence electrons. The van der Waals surface area contributed by atoms with E-state index in [-0.39, 0.29) is 0 Å². The molecule has 1 aliphatic rings. The molecule has 0 atom stereocenters. The summed E-state index contributed by atoms with van der Waals surface area (Å²) in [6.07, 6.45) is 3.67. The summed E-state index contributed by atoms with van der Waals surface area (Å²) in [6.45, 7) is 0.770. The fraction of sp³-hybridized carbons (Fsp3) is 0.0909. The second kappa shape index (κ2) is 3.24. The quantitative estimate of drug-likeness (QED) is 0.759. The first-order valence-electron chi connectivity index (χ1n) is 4.84. The van der Waals surface area contributed by atoms with Crippen molar-refractivity contribution in [1.29, 1.82) is 0 Å². The van der Waals surface area contributed by atoms with Gasteiger partial charge in [0.25, 0.3) is 0 Å². The summed E-state index contributed by atoms with van der Waals surface area (Å²) < 4.78 is 1.83. The van der Waals surface area contributed by atoms with Gasteiger partial charge >= 0.3 is 0 Å². The van der Waals surface area contributed by atoms with Crippen LogP contribution < -0.4 is 5.32 Å². The van der Waals surface area contributed by atoms with Crippen molar-refractivity contribution in [2.45, 2.75) is 6.54 Å². The highest BCUT2D eigenvalue weighted by molar-refractivity contribution is 5.75. The van der Waals surface area contributed by atoms with E-state index in [9.17, 15) is 0 Å². The molecule has 1 aromatic heterocycles. The maximum absolute atomic E-state index is 4.13. The van der Waals surface area contributed by atoms with Gasteiger partial charge in [-0.15, -0.1) is 0 Å². The Kier molecular flexibility index (Phi) is 1.78. The van der Waals surface area contributed by atoms with Crippen LogP contribution in [0.4, 0.5) is 5.95 Å². The van der Waals surface area contributed by atoms with Gasteiger partial charge in [0.15, 0.2) is 0 Å². The van der Waals surface area contributed by atoms with Crippen molar-refractivity contribution in [2.24, 2.45) is 0 Å². The number of anilines is 1. The van der Waals surface area contributed by atoms with Crippen LogP contribution in [0.1, 0.15) is 5.56 Å². The van der Waals surface area contributed by atoms with E-state index in [4.69, 9.17) is 0 Å². The first kappa shape index (κ1) is 8.23. The molecule has 0 unspecified atom stereocenters. The van der Waals surface area contributed by atoms with E-state index in [2.05, 4.69) is 33.6 Å². The lowest BCUT2D eigenvalue weighted by Crippen LogP contribution is -2.13. The van der Waals surface area contributed by atoms with Gasteiger partial charge in [0.1, 0.15) is 6.33 Å². The van der Waals surface area contributed by atoms with Crippen molar-refractivity contribution in [1.82, 2.24) is 14.8 Å². The summed E-state index contributed by atoms with van der Waals surface area (Å²) in [4.78, 5) is 4.13. The predicted molar refractivity (Wildman–Crippen MR) is 58.1 cm³/mol. The Labute approximate surface area is 87.3 Å². The second-order valence-corrected chi connectivity index (χ2v) is 3.37. The third-order valence-electron chi connectivity index (χ3n) is 2.42.